The van der Waals surface area contributed by atoms with Gasteiger partial charge in [-0.05, 0) is 49.4 Å². The van der Waals surface area contributed by atoms with Crippen LogP contribution in [0.2, 0.25) is 0 Å². The Morgan fingerprint density at radius 1 is 1.11 bits per heavy atom. The third-order valence-corrected chi connectivity index (χ3v) is 6.10. The second kappa shape index (κ2) is 10.1. The minimum atomic E-state index is -0.629. The van der Waals surface area contributed by atoms with Crippen LogP contribution in [0.15, 0.2) is 54.6 Å². The summed E-state index contributed by atoms with van der Waals surface area (Å²) < 4.78 is 11.9. The molecule has 0 bridgehead atoms. The fourth-order valence-corrected chi connectivity index (χ4v) is 4.48. The predicted molar refractivity (Wildman–Crippen MR) is 139 cm³/mol. The summed E-state index contributed by atoms with van der Waals surface area (Å²) in [6, 6.07) is 17.3. The Morgan fingerprint density at radius 2 is 1.86 bits per heavy atom. The molecular weight excluding hydrogens is 466 g/mol. The van der Waals surface area contributed by atoms with Gasteiger partial charge in [0, 0.05) is 35.5 Å². The van der Waals surface area contributed by atoms with Gasteiger partial charge in [0.05, 0.1) is 12.2 Å². The molecule has 8 heteroatoms. The maximum atomic E-state index is 13.1. The van der Waals surface area contributed by atoms with Crippen LogP contribution in [0, 0.1) is 0 Å². The van der Waals surface area contributed by atoms with E-state index in [0.717, 1.165) is 27.6 Å². The van der Waals surface area contributed by atoms with Crippen molar-refractivity contribution in [3.05, 3.63) is 65.7 Å². The monoisotopic (exact) mass is 495 g/mol. The van der Waals surface area contributed by atoms with Crippen LogP contribution < -0.4 is 20.7 Å². The van der Waals surface area contributed by atoms with Crippen molar-refractivity contribution in [1.82, 2.24) is 0 Å². The Kier molecular flexibility index (Phi) is 7.19. The number of fused-ring (bicyclic) bond motifs is 3. The minimum Gasteiger partial charge on any atom is -0.488 e. The third-order valence-electron chi connectivity index (χ3n) is 5.73. The molecule has 1 aliphatic rings. The first-order valence-electron chi connectivity index (χ1n) is 11.5. The number of carbonyl (C=O) groups excluding carboxylic acids is 2. The van der Waals surface area contributed by atoms with Gasteiger partial charge in [-0.2, -0.15) is 0 Å². The first-order valence-corrected chi connectivity index (χ1v) is 12.1. The lowest BCUT2D eigenvalue weighted by Crippen LogP contribution is -2.36. The van der Waals surface area contributed by atoms with Gasteiger partial charge in [-0.15, -0.1) is 11.6 Å². The molecule has 0 saturated heterocycles. The van der Waals surface area contributed by atoms with Gasteiger partial charge in [0.25, 0.3) is 0 Å². The van der Waals surface area contributed by atoms with Gasteiger partial charge in [-0.25, -0.2) is 4.79 Å². The number of alkyl halides is 1. The number of benzene rings is 3. The maximum absolute atomic E-state index is 13.1. The highest BCUT2D eigenvalue weighted by atomic mass is 35.5. The number of carbonyl (C=O) groups is 2. The van der Waals surface area contributed by atoms with Crippen LogP contribution in [0.25, 0.3) is 10.8 Å². The smallest absolute Gasteiger partial charge is 0.414 e. The summed E-state index contributed by atoms with van der Waals surface area (Å²) >= 11 is 6.36. The quantitative estimate of drug-likeness (QED) is 0.447. The van der Waals surface area contributed by atoms with Gasteiger partial charge in [0.1, 0.15) is 18.0 Å². The van der Waals surface area contributed by atoms with Crippen LogP contribution in [-0.2, 0) is 16.1 Å². The molecule has 0 aromatic heterocycles. The molecule has 1 unspecified atom stereocenters. The molecule has 3 aromatic carbocycles. The lowest BCUT2D eigenvalue weighted by atomic mass is 9.95. The van der Waals surface area contributed by atoms with Crippen molar-refractivity contribution < 1.29 is 19.1 Å². The van der Waals surface area contributed by atoms with Crippen molar-refractivity contribution in [2.75, 3.05) is 29.2 Å². The zero-order chi connectivity index (χ0) is 25.2. The number of nitrogens with zero attached hydrogens (tertiary/aromatic N) is 1. The molecule has 0 aliphatic carbocycles. The van der Waals surface area contributed by atoms with E-state index in [1.807, 2.05) is 75.4 Å². The average molecular weight is 496 g/mol. The lowest BCUT2D eigenvalue weighted by Gasteiger charge is -2.25. The zero-order valence-corrected chi connectivity index (χ0v) is 20.9. The summed E-state index contributed by atoms with van der Waals surface area (Å²) in [5, 5.41) is 4.53. The van der Waals surface area contributed by atoms with Crippen molar-refractivity contribution in [3.8, 4) is 5.75 Å². The topological polar surface area (TPSA) is 93.9 Å². The number of rotatable bonds is 6. The number of amides is 2. The Hall–Kier alpha value is -3.29. The first kappa shape index (κ1) is 24.8. The molecule has 0 spiro atoms. The molecule has 0 saturated carbocycles. The summed E-state index contributed by atoms with van der Waals surface area (Å²) in [7, 11) is 0. The average Bonchev–Trinajstić information content (AvgIpc) is 3.21. The van der Waals surface area contributed by atoms with Crippen molar-refractivity contribution in [2.45, 2.75) is 38.9 Å². The van der Waals surface area contributed by atoms with Crippen molar-refractivity contribution in [1.29, 1.82) is 0 Å². The highest BCUT2D eigenvalue weighted by Gasteiger charge is 2.37. The highest BCUT2D eigenvalue weighted by Crippen LogP contribution is 2.46. The van der Waals surface area contributed by atoms with Gasteiger partial charge in [0.15, 0.2) is 0 Å². The van der Waals surface area contributed by atoms with Gasteiger partial charge in [-0.1, -0.05) is 36.4 Å². The highest BCUT2D eigenvalue weighted by molar-refractivity contribution is 6.19. The molecule has 0 fully saturated rings. The fourth-order valence-electron chi connectivity index (χ4n) is 4.22. The molecule has 3 N–H and O–H groups in total. The van der Waals surface area contributed by atoms with E-state index >= 15 is 0 Å². The summed E-state index contributed by atoms with van der Waals surface area (Å²) in [5.41, 5.74) is 8.15. The number of ether oxygens (including phenoxy) is 2. The summed E-state index contributed by atoms with van der Waals surface area (Å²) in [6.45, 7) is 6.17. The molecule has 3 aromatic rings. The maximum Gasteiger partial charge on any atom is 0.414 e. The Bertz CT molecular complexity index is 1240. The number of nitrogens with one attached hydrogen (secondary N) is 1. The Labute approximate surface area is 210 Å². The predicted octanol–water partition coefficient (Wildman–Crippen LogP) is 5.39. The largest absolute Gasteiger partial charge is 0.488 e. The number of nitrogens with two attached hydrogens (primary N) is 1. The first-order chi connectivity index (χ1) is 16.7. The van der Waals surface area contributed by atoms with Crippen molar-refractivity contribution in [3.63, 3.8) is 0 Å². The molecule has 1 atom stereocenters. The standard InChI is InChI=1S/C27H30ClN3O4/c1-27(2,3)35-26(33)31-15-18(13-28)25-20-10-9-19(30-24(32)14-29)11-21(20)23(12-22(25)31)34-16-17-7-5-4-6-8-17/h4-12,18H,13-16,29H2,1-3H3,(H,30,32). The van der Waals surface area contributed by atoms with Crippen LogP contribution in [0.3, 0.4) is 0 Å². The number of hydrogen-bond acceptors (Lipinski definition) is 5. The molecule has 7 nitrogen and oxygen atoms in total. The molecular formula is C27H30ClN3O4. The van der Waals surface area contributed by atoms with Crippen LogP contribution >= 0.6 is 11.6 Å². The van der Waals surface area contributed by atoms with E-state index in [1.54, 1.807) is 4.90 Å². The Balaban J connectivity index is 1.82. The normalized spacial score (nSPS) is 15.1. The SMILES string of the molecule is CC(C)(C)OC(=O)N1CC(CCl)c2c1cc(OCc1ccccc1)c1cc(NC(=O)CN)ccc21. The second-order valence-corrected chi connectivity index (χ2v) is 9.85. The van der Waals surface area contributed by atoms with Crippen LogP contribution in [0.1, 0.15) is 37.8 Å². The van der Waals surface area contributed by atoms with Crippen LogP contribution in [0.4, 0.5) is 16.2 Å². The van der Waals surface area contributed by atoms with Gasteiger partial charge < -0.3 is 20.5 Å². The van der Waals surface area contributed by atoms with E-state index in [1.165, 1.54) is 0 Å². The molecule has 1 aliphatic heterocycles. The second-order valence-electron chi connectivity index (χ2n) is 9.54. The van der Waals surface area contributed by atoms with Crippen LogP contribution in [-0.4, -0.2) is 36.6 Å². The van der Waals surface area contributed by atoms with Crippen molar-refractivity contribution in [2.24, 2.45) is 5.73 Å². The molecule has 1 heterocycles. The molecule has 2 amide bonds. The number of anilines is 2. The minimum absolute atomic E-state index is 0.0747. The van der Waals surface area contributed by atoms with Gasteiger partial charge in [-0.3, -0.25) is 9.69 Å². The van der Waals surface area contributed by atoms with E-state index in [9.17, 15) is 9.59 Å². The van der Waals surface area contributed by atoms with E-state index in [2.05, 4.69) is 5.32 Å². The van der Waals surface area contributed by atoms with Gasteiger partial charge in [0.2, 0.25) is 5.91 Å². The lowest BCUT2D eigenvalue weighted by molar-refractivity contribution is -0.114. The van der Waals surface area contributed by atoms with E-state index in [4.69, 9.17) is 26.8 Å². The fraction of sp³-hybridized carbons (Fsp3) is 0.333. The molecule has 4 rings (SSSR count). The Morgan fingerprint density at radius 3 is 2.51 bits per heavy atom. The van der Waals surface area contributed by atoms with E-state index in [-0.39, 0.29) is 18.4 Å². The molecule has 0 radical (unpaired) electrons. The summed E-state index contributed by atoms with van der Waals surface area (Å²) in [6.07, 6.45) is -0.424. The van der Waals surface area contributed by atoms with E-state index < -0.39 is 11.7 Å². The number of hydrogen-bond donors (Lipinski definition) is 2. The van der Waals surface area contributed by atoms with Crippen molar-refractivity contribution >= 4 is 45.7 Å². The number of halogens is 1. The van der Waals surface area contributed by atoms with E-state index in [0.29, 0.717) is 30.5 Å². The third kappa shape index (κ3) is 5.52. The summed E-state index contributed by atoms with van der Waals surface area (Å²) in [4.78, 5) is 26.6. The van der Waals surface area contributed by atoms with Crippen LogP contribution in [0.5, 0.6) is 5.75 Å². The van der Waals surface area contributed by atoms with Gasteiger partial charge >= 0.3 is 6.09 Å². The zero-order valence-electron chi connectivity index (χ0n) is 20.1. The molecule has 184 valence electrons. The molecule has 35 heavy (non-hydrogen) atoms. The summed E-state index contributed by atoms with van der Waals surface area (Å²) in [5.74, 6) is 0.577.